The van der Waals surface area contributed by atoms with Crippen LogP contribution >= 0.6 is 0 Å². The van der Waals surface area contributed by atoms with E-state index in [9.17, 15) is 4.79 Å². The Balaban J connectivity index is 1.84. The monoisotopic (exact) mass is 388 g/mol. The second-order valence-electron chi connectivity index (χ2n) is 7.34. The van der Waals surface area contributed by atoms with E-state index in [-0.39, 0.29) is 0 Å². The van der Waals surface area contributed by atoms with Crippen LogP contribution in [0, 0.1) is 0 Å². The van der Waals surface area contributed by atoms with Gasteiger partial charge in [0.2, 0.25) is 0 Å². The normalized spacial score (nSPS) is 11.0. The third-order valence-corrected chi connectivity index (χ3v) is 5.64. The molecule has 5 aromatic rings. The zero-order chi connectivity index (χ0) is 20.5. The van der Waals surface area contributed by atoms with Crippen molar-refractivity contribution in [2.75, 3.05) is 7.11 Å². The van der Waals surface area contributed by atoms with Gasteiger partial charge in [-0.2, -0.15) is 0 Å². The highest BCUT2D eigenvalue weighted by Crippen LogP contribution is 2.39. The maximum absolute atomic E-state index is 11.6. The Kier molecular flexibility index (Phi) is 4.53. The molecule has 5 aromatic carbocycles. The van der Waals surface area contributed by atoms with E-state index >= 15 is 0 Å². The lowest BCUT2D eigenvalue weighted by molar-refractivity contribution is 0.112. The molecule has 0 saturated heterocycles. The molecule has 0 fully saturated rings. The molecule has 0 N–H and O–H groups in total. The Morgan fingerprint density at radius 3 is 2.17 bits per heavy atom. The fourth-order valence-corrected chi connectivity index (χ4v) is 4.16. The van der Waals surface area contributed by atoms with Crippen LogP contribution in [0.2, 0.25) is 0 Å². The SMILES string of the molecule is COc1ccc(-c2cccc3cc4cccc(C=O)c4cc23)c(-c2ccccc2)c1. The van der Waals surface area contributed by atoms with Gasteiger partial charge in [-0.05, 0) is 68.1 Å². The smallest absolute Gasteiger partial charge is 0.150 e. The molecule has 30 heavy (non-hydrogen) atoms. The standard InChI is InChI=1S/C28H20O2/c1-30-23-13-14-25(27(16-23)19-7-3-2-4-8-19)24-12-6-10-21-15-20-9-5-11-22(18-29)26(20)17-28(21)24/h2-18H,1H3. The summed E-state index contributed by atoms with van der Waals surface area (Å²) in [6.45, 7) is 0. The van der Waals surface area contributed by atoms with Crippen LogP contribution in [-0.4, -0.2) is 13.4 Å². The third-order valence-electron chi connectivity index (χ3n) is 5.64. The lowest BCUT2D eigenvalue weighted by Crippen LogP contribution is -1.91. The molecular formula is C28H20O2. The van der Waals surface area contributed by atoms with Crippen molar-refractivity contribution in [1.29, 1.82) is 0 Å². The van der Waals surface area contributed by atoms with Gasteiger partial charge >= 0.3 is 0 Å². The highest BCUT2D eigenvalue weighted by atomic mass is 16.5. The Bertz CT molecular complexity index is 1380. The summed E-state index contributed by atoms with van der Waals surface area (Å²) >= 11 is 0. The Morgan fingerprint density at radius 2 is 1.40 bits per heavy atom. The first-order valence-electron chi connectivity index (χ1n) is 9.93. The fourth-order valence-electron chi connectivity index (χ4n) is 4.16. The quantitative estimate of drug-likeness (QED) is 0.241. The van der Waals surface area contributed by atoms with Gasteiger partial charge in [-0.1, -0.05) is 72.8 Å². The van der Waals surface area contributed by atoms with Gasteiger partial charge in [0.1, 0.15) is 5.75 Å². The van der Waals surface area contributed by atoms with Crippen LogP contribution < -0.4 is 4.74 Å². The van der Waals surface area contributed by atoms with Gasteiger partial charge in [0.25, 0.3) is 0 Å². The summed E-state index contributed by atoms with van der Waals surface area (Å²) in [5, 5.41) is 4.32. The predicted octanol–water partition coefficient (Wildman–Crippen LogP) is 7.15. The molecule has 2 heteroatoms. The van der Waals surface area contributed by atoms with Crippen LogP contribution in [0.15, 0.2) is 97.1 Å². The number of hydrogen-bond donors (Lipinski definition) is 0. The molecule has 0 bridgehead atoms. The minimum absolute atomic E-state index is 0.710. The van der Waals surface area contributed by atoms with E-state index in [0.29, 0.717) is 5.56 Å². The van der Waals surface area contributed by atoms with Gasteiger partial charge in [-0.25, -0.2) is 0 Å². The Hall–Kier alpha value is -3.91. The first-order valence-corrected chi connectivity index (χ1v) is 9.93. The third kappa shape index (κ3) is 3.03. The second-order valence-corrected chi connectivity index (χ2v) is 7.34. The average molecular weight is 388 g/mol. The van der Waals surface area contributed by atoms with Crippen LogP contribution in [0.3, 0.4) is 0 Å². The second kappa shape index (κ2) is 7.49. The van der Waals surface area contributed by atoms with E-state index < -0.39 is 0 Å². The summed E-state index contributed by atoms with van der Waals surface area (Å²) in [4.78, 5) is 11.6. The highest BCUT2D eigenvalue weighted by molar-refractivity contribution is 6.10. The van der Waals surface area contributed by atoms with Gasteiger partial charge in [0.15, 0.2) is 6.29 Å². The number of carbonyl (C=O) groups excluding carboxylic acids is 1. The van der Waals surface area contributed by atoms with Gasteiger partial charge in [0.05, 0.1) is 7.11 Å². The van der Waals surface area contributed by atoms with Crippen molar-refractivity contribution >= 4 is 27.8 Å². The number of aldehydes is 1. The van der Waals surface area contributed by atoms with E-state index in [4.69, 9.17) is 4.74 Å². The molecule has 144 valence electrons. The minimum atomic E-state index is 0.710. The van der Waals surface area contributed by atoms with Crippen molar-refractivity contribution in [3.8, 4) is 28.0 Å². The Labute approximate surface area is 175 Å². The van der Waals surface area contributed by atoms with Crippen molar-refractivity contribution in [2.45, 2.75) is 0 Å². The number of benzene rings is 5. The number of hydrogen-bond acceptors (Lipinski definition) is 2. The van der Waals surface area contributed by atoms with Crippen LogP contribution in [0.1, 0.15) is 10.4 Å². The summed E-state index contributed by atoms with van der Waals surface area (Å²) in [7, 11) is 1.69. The molecule has 0 aromatic heterocycles. The van der Waals surface area contributed by atoms with Gasteiger partial charge in [0, 0.05) is 5.56 Å². The topological polar surface area (TPSA) is 26.3 Å². The van der Waals surface area contributed by atoms with Crippen molar-refractivity contribution in [2.24, 2.45) is 0 Å². The van der Waals surface area contributed by atoms with Crippen molar-refractivity contribution in [1.82, 2.24) is 0 Å². The highest BCUT2D eigenvalue weighted by Gasteiger charge is 2.13. The van der Waals surface area contributed by atoms with Crippen molar-refractivity contribution in [3.63, 3.8) is 0 Å². The summed E-state index contributed by atoms with van der Waals surface area (Å²) < 4.78 is 5.50. The molecule has 0 atom stereocenters. The molecule has 0 unspecified atom stereocenters. The molecule has 0 heterocycles. The molecule has 2 nitrogen and oxygen atoms in total. The fraction of sp³-hybridized carbons (Fsp3) is 0.0357. The zero-order valence-electron chi connectivity index (χ0n) is 16.6. The molecule has 5 rings (SSSR count). The van der Waals surface area contributed by atoms with Crippen molar-refractivity contribution < 1.29 is 9.53 Å². The van der Waals surface area contributed by atoms with E-state index in [1.165, 1.54) is 0 Å². The Morgan fingerprint density at radius 1 is 0.633 bits per heavy atom. The molecule has 0 aliphatic rings. The van der Waals surface area contributed by atoms with Crippen molar-refractivity contribution in [3.05, 3.63) is 103 Å². The number of rotatable bonds is 4. The van der Waals surface area contributed by atoms with Crippen LogP contribution in [0.4, 0.5) is 0 Å². The number of carbonyl (C=O) groups is 1. The lowest BCUT2D eigenvalue weighted by Gasteiger charge is -2.15. The van der Waals surface area contributed by atoms with E-state index in [0.717, 1.165) is 55.8 Å². The molecule has 0 aliphatic carbocycles. The maximum Gasteiger partial charge on any atom is 0.150 e. The van der Waals surface area contributed by atoms with Gasteiger partial charge in [-0.15, -0.1) is 0 Å². The largest absolute Gasteiger partial charge is 0.497 e. The molecule has 0 saturated carbocycles. The van der Waals surface area contributed by atoms with Crippen LogP contribution in [-0.2, 0) is 0 Å². The van der Waals surface area contributed by atoms with Crippen LogP contribution in [0.5, 0.6) is 5.75 Å². The van der Waals surface area contributed by atoms with E-state index in [1.807, 2.05) is 36.4 Å². The zero-order valence-corrected chi connectivity index (χ0v) is 16.6. The summed E-state index contributed by atoms with van der Waals surface area (Å²) in [6.07, 6.45) is 0.930. The molecule has 0 spiro atoms. The first-order chi connectivity index (χ1) is 14.8. The number of ether oxygens (including phenoxy) is 1. The lowest BCUT2D eigenvalue weighted by atomic mass is 9.90. The predicted molar refractivity (Wildman–Crippen MR) is 124 cm³/mol. The summed E-state index contributed by atoms with van der Waals surface area (Å²) in [6, 6.07) is 33.1. The van der Waals surface area contributed by atoms with Gasteiger partial charge < -0.3 is 4.74 Å². The minimum Gasteiger partial charge on any atom is -0.497 e. The summed E-state index contributed by atoms with van der Waals surface area (Å²) in [5.74, 6) is 0.825. The molecule has 0 aliphatic heterocycles. The van der Waals surface area contributed by atoms with Gasteiger partial charge in [-0.3, -0.25) is 4.79 Å². The number of fused-ring (bicyclic) bond motifs is 2. The first kappa shape index (κ1) is 18.1. The summed E-state index contributed by atoms with van der Waals surface area (Å²) in [5.41, 5.74) is 5.23. The molecule has 0 radical (unpaired) electrons. The van der Waals surface area contributed by atoms with Crippen LogP contribution in [0.25, 0.3) is 43.8 Å². The molecular weight excluding hydrogens is 368 g/mol. The number of methoxy groups -OCH3 is 1. The molecule has 0 amide bonds. The van der Waals surface area contributed by atoms with E-state index in [2.05, 4.69) is 60.7 Å². The van der Waals surface area contributed by atoms with E-state index in [1.54, 1.807) is 7.11 Å². The average Bonchev–Trinajstić information content (AvgIpc) is 2.82. The maximum atomic E-state index is 11.6.